The summed E-state index contributed by atoms with van der Waals surface area (Å²) in [5.74, 6) is 1.62. The topological polar surface area (TPSA) is 51.2 Å². The summed E-state index contributed by atoms with van der Waals surface area (Å²) in [6.45, 7) is 5.69. The number of methoxy groups -OCH3 is 2. The van der Waals surface area contributed by atoms with Gasteiger partial charge in [0.25, 0.3) is 0 Å². The van der Waals surface area contributed by atoms with Crippen LogP contribution in [-0.4, -0.2) is 68.8 Å². The van der Waals surface area contributed by atoms with Crippen molar-refractivity contribution in [3.05, 3.63) is 23.8 Å². The molecule has 6 nitrogen and oxygen atoms in total. The Hall–Kier alpha value is -1.79. The van der Waals surface area contributed by atoms with Gasteiger partial charge in [0.15, 0.2) is 11.5 Å². The minimum absolute atomic E-state index is 0.116. The van der Waals surface area contributed by atoms with Gasteiger partial charge in [0.05, 0.1) is 39.5 Å². The largest absolute Gasteiger partial charge is 0.493 e. The number of ether oxygens (including phenoxy) is 3. The molecule has 0 aliphatic carbocycles. The van der Waals surface area contributed by atoms with Crippen molar-refractivity contribution in [2.24, 2.45) is 0 Å². The number of benzene rings is 1. The minimum Gasteiger partial charge on any atom is -0.493 e. The van der Waals surface area contributed by atoms with Gasteiger partial charge in [-0.2, -0.15) is 0 Å². The molecule has 2 fully saturated rings. The van der Waals surface area contributed by atoms with Crippen molar-refractivity contribution in [3.63, 3.8) is 0 Å². The number of hydrogen-bond acceptors (Lipinski definition) is 5. The molecule has 2 heterocycles. The lowest BCUT2D eigenvalue weighted by Gasteiger charge is -2.33. The lowest BCUT2D eigenvalue weighted by atomic mass is 10.0. The highest BCUT2D eigenvalue weighted by Crippen LogP contribution is 2.36. The van der Waals surface area contributed by atoms with Crippen molar-refractivity contribution >= 4 is 5.91 Å². The molecule has 0 radical (unpaired) electrons. The lowest BCUT2D eigenvalue weighted by Crippen LogP contribution is -2.47. The van der Waals surface area contributed by atoms with E-state index in [0.717, 1.165) is 38.0 Å². The maximum absolute atomic E-state index is 12.9. The third kappa shape index (κ3) is 4.07. The van der Waals surface area contributed by atoms with E-state index in [1.165, 1.54) is 0 Å². The quantitative estimate of drug-likeness (QED) is 0.816. The molecule has 0 aromatic heterocycles. The molecule has 0 spiro atoms. The molecule has 0 bridgehead atoms. The molecule has 0 N–H and O–H groups in total. The van der Waals surface area contributed by atoms with Gasteiger partial charge in [-0.05, 0) is 37.5 Å². The first kappa shape index (κ1) is 18.0. The highest BCUT2D eigenvalue weighted by molar-refractivity contribution is 5.79. The second kappa shape index (κ2) is 8.06. The summed E-state index contributed by atoms with van der Waals surface area (Å²) in [4.78, 5) is 17.1. The Bertz CT molecular complexity index is 607. The monoisotopic (exact) mass is 348 g/mol. The molecule has 1 aromatic carbocycles. The highest BCUT2D eigenvalue weighted by atomic mass is 16.5. The smallest absolute Gasteiger partial charge is 0.237 e. The number of likely N-dealkylation sites (tertiary alicyclic amines) is 1. The van der Waals surface area contributed by atoms with Gasteiger partial charge in [-0.1, -0.05) is 6.07 Å². The molecule has 2 aliphatic heterocycles. The number of rotatable bonds is 5. The number of nitrogens with zero attached hydrogens (tertiary/aromatic N) is 2. The van der Waals surface area contributed by atoms with Crippen LogP contribution in [0, 0.1) is 0 Å². The molecule has 1 aromatic rings. The Morgan fingerprint density at radius 2 is 2.04 bits per heavy atom. The summed E-state index contributed by atoms with van der Waals surface area (Å²) in [7, 11) is 3.27. The molecular weight excluding hydrogens is 320 g/mol. The Morgan fingerprint density at radius 1 is 1.24 bits per heavy atom. The second-order valence-electron chi connectivity index (χ2n) is 6.78. The molecule has 1 amide bonds. The number of carbonyl (C=O) groups is 1. The van der Waals surface area contributed by atoms with Crippen LogP contribution in [0.25, 0.3) is 0 Å². The number of amides is 1. The number of morpholine rings is 1. The first-order valence-corrected chi connectivity index (χ1v) is 8.97. The summed E-state index contributed by atoms with van der Waals surface area (Å²) in [5, 5.41) is 0. The normalized spacial score (nSPS) is 24.4. The summed E-state index contributed by atoms with van der Waals surface area (Å²) in [6, 6.07) is 6.06. The molecule has 3 rings (SSSR count). The third-order valence-electron chi connectivity index (χ3n) is 5.05. The molecule has 25 heavy (non-hydrogen) atoms. The van der Waals surface area contributed by atoms with Crippen LogP contribution < -0.4 is 9.47 Å². The molecule has 0 saturated carbocycles. The van der Waals surface area contributed by atoms with E-state index in [2.05, 4.69) is 11.8 Å². The summed E-state index contributed by atoms with van der Waals surface area (Å²) >= 11 is 0. The lowest BCUT2D eigenvalue weighted by molar-refractivity contribution is -0.135. The fraction of sp³-hybridized carbons (Fsp3) is 0.632. The van der Waals surface area contributed by atoms with E-state index >= 15 is 0 Å². The Labute approximate surface area is 149 Å². The van der Waals surface area contributed by atoms with Gasteiger partial charge >= 0.3 is 0 Å². The third-order valence-corrected chi connectivity index (χ3v) is 5.05. The van der Waals surface area contributed by atoms with Crippen LogP contribution in [0.4, 0.5) is 0 Å². The van der Waals surface area contributed by atoms with Crippen LogP contribution in [0.2, 0.25) is 0 Å². The highest BCUT2D eigenvalue weighted by Gasteiger charge is 2.32. The molecule has 2 atom stereocenters. The molecule has 2 saturated heterocycles. The molecule has 0 unspecified atom stereocenters. The van der Waals surface area contributed by atoms with E-state index in [-0.39, 0.29) is 18.1 Å². The summed E-state index contributed by atoms with van der Waals surface area (Å²) in [5.41, 5.74) is 1.11. The van der Waals surface area contributed by atoms with Crippen molar-refractivity contribution in [1.82, 2.24) is 9.80 Å². The van der Waals surface area contributed by atoms with Crippen molar-refractivity contribution in [3.8, 4) is 11.5 Å². The van der Waals surface area contributed by atoms with Gasteiger partial charge in [-0.3, -0.25) is 9.69 Å². The van der Waals surface area contributed by atoms with Crippen LogP contribution >= 0.6 is 0 Å². The van der Waals surface area contributed by atoms with Gasteiger partial charge in [0.2, 0.25) is 5.91 Å². The van der Waals surface area contributed by atoms with Crippen LogP contribution in [0.3, 0.4) is 0 Å². The van der Waals surface area contributed by atoms with Gasteiger partial charge in [0.1, 0.15) is 0 Å². The van der Waals surface area contributed by atoms with Crippen LogP contribution in [0.15, 0.2) is 18.2 Å². The maximum atomic E-state index is 12.9. The average molecular weight is 348 g/mol. The van der Waals surface area contributed by atoms with E-state index in [4.69, 9.17) is 14.2 Å². The van der Waals surface area contributed by atoms with E-state index in [1.54, 1.807) is 14.2 Å². The van der Waals surface area contributed by atoms with Crippen molar-refractivity contribution < 1.29 is 19.0 Å². The average Bonchev–Trinajstić information content (AvgIpc) is 3.11. The Kier molecular flexibility index (Phi) is 5.81. The van der Waals surface area contributed by atoms with Crippen molar-refractivity contribution in [1.29, 1.82) is 0 Å². The molecule has 138 valence electrons. The molecular formula is C19H28N2O4. The van der Waals surface area contributed by atoms with Crippen molar-refractivity contribution in [2.75, 3.05) is 47.0 Å². The first-order valence-electron chi connectivity index (χ1n) is 8.97. The SMILES string of the molecule is COc1ccc([C@@H]2CCCN2C(=O)CN2CCO[C@H](C)C2)cc1OC. The zero-order valence-electron chi connectivity index (χ0n) is 15.4. The van der Waals surface area contributed by atoms with Gasteiger partial charge in [-0.25, -0.2) is 0 Å². The fourth-order valence-electron chi connectivity index (χ4n) is 3.79. The van der Waals surface area contributed by atoms with Gasteiger partial charge in [-0.15, -0.1) is 0 Å². The Balaban J connectivity index is 1.70. The van der Waals surface area contributed by atoms with Crippen LogP contribution in [-0.2, 0) is 9.53 Å². The van der Waals surface area contributed by atoms with E-state index in [9.17, 15) is 4.79 Å². The van der Waals surface area contributed by atoms with E-state index in [0.29, 0.717) is 24.7 Å². The zero-order chi connectivity index (χ0) is 17.8. The van der Waals surface area contributed by atoms with Crippen LogP contribution in [0.5, 0.6) is 11.5 Å². The molecule has 6 heteroatoms. The maximum Gasteiger partial charge on any atom is 0.237 e. The minimum atomic E-state index is 0.116. The van der Waals surface area contributed by atoms with E-state index < -0.39 is 0 Å². The summed E-state index contributed by atoms with van der Waals surface area (Å²) in [6.07, 6.45) is 2.21. The second-order valence-corrected chi connectivity index (χ2v) is 6.78. The van der Waals surface area contributed by atoms with E-state index in [1.807, 2.05) is 23.1 Å². The molecule has 2 aliphatic rings. The number of carbonyl (C=O) groups excluding carboxylic acids is 1. The number of hydrogen-bond donors (Lipinski definition) is 0. The van der Waals surface area contributed by atoms with Crippen LogP contribution in [0.1, 0.15) is 31.4 Å². The standard InChI is InChI=1S/C19H28N2O4/c1-14-12-20(9-10-25-14)13-19(22)21-8-4-5-16(21)15-6-7-17(23-2)18(11-15)24-3/h6-7,11,14,16H,4-5,8-10,12-13H2,1-3H3/t14-,16+/m1/s1. The summed E-state index contributed by atoms with van der Waals surface area (Å²) < 4.78 is 16.3. The predicted molar refractivity (Wildman–Crippen MR) is 95.1 cm³/mol. The zero-order valence-corrected chi connectivity index (χ0v) is 15.4. The first-order chi connectivity index (χ1) is 12.1. The van der Waals surface area contributed by atoms with Gasteiger partial charge in [0, 0.05) is 19.6 Å². The predicted octanol–water partition coefficient (Wildman–Crippen LogP) is 2.09. The fourth-order valence-corrected chi connectivity index (χ4v) is 3.79. The van der Waals surface area contributed by atoms with Crippen molar-refractivity contribution in [2.45, 2.75) is 31.9 Å². The Morgan fingerprint density at radius 3 is 2.76 bits per heavy atom. The van der Waals surface area contributed by atoms with Gasteiger partial charge < -0.3 is 19.1 Å².